The summed E-state index contributed by atoms with van der Waals surface area (Å²) in [7, 11) is 0. The molecule has 2 heterocycles. The summed E-state index contributed by atoms with van der Waals surface area (Å²) < 4.78 is 2.33. The molecule has 1 aliphatic carbocycles. The quantitative estimate of drug-likeness (QED) is 0.206. The molecule has 0 saturated carbocycles. The average molecular weight is 561 g/mol. The van der Waals surface area contributed by atoms with Gasteiger partial charge >= 0.3 is 0 Å². The summed E-state index contributed by atoms with van der Waals surface area (Å²) in [6, 6.07) is 53.2. The number of fused-ring (bicyclic) bond motifs is 11. The minimum Gasteiger partial charge on any atom is -0.308 e. The van der Waals surface area contributed by atoms with Crippen LogP contribution in [0.2, 0.25) is 0 Å². The van der Waals surface area contributed by atoms with Gasteiger partial charge in [-0.25, -0.2) is 0 Å². The Morgan fingerprint density at radius 3 is 1.59 bits per heavy atom. The van der Waals surface area contributed by atoms with E-state index in [0.29, 0.717) is 0 Å². The lowest BCUT2D eigenvalue weighted by atomic mass is 9.80. The van der Waals surface area contributed by atoms with E-state index in [4.69, 9.17) is 4.98 Å². The number of aryl methyl sites for hydroxylation is 1. The van der Waals surface area contributed by atoms with Crippen molar-refractivity contribution in [1.29, 1.82) is 0 Å². The van der Waals surface area contributed by atoms with Crippen molar-refractivity contribution in [1.82, 2.24) is 9.55 Å². The molecular formula is C42H28N2. The fourth-order valence-corrected chi connectivity index (χ4v) is 7.07. The van der Waals surface area contributed by atoms with Crippen LogP contribution in [-0.4, -0.2) is 9.55 Å². The van der Waals surface area contributed by atoms with Gasteiger partial charge in [-0.05, 0) is 105 Å². The number of nitrogens with zero attached hydrogens (tertiary/aromatic N) is 2. The van der Waals surface area contributed by atoms with Crippen molar-refractivity contribution in [2.75, 3.05) is 0 Å². The van der Waals surface area contributed by atoms with Gasteiger partial charge in [-0.2, -0.15) is 0 Å². The molecule has 6 aromatic carbocycles. The van der Waals surface area contributed by atoms with Gasteiger partial charge in [0.15, 0.2) is 0 Å². The van der Waals surface area contributed by atoms with E-state index in [0.717, 1.165) is 16.7 Å². The Morgan fingerprint density at radius 1 is 0.432 bits per heavy atom. The van der Waals surface area contributed by atoms with Crippen LogP contribution in [0, 0.1) is 6.92 Å². The van der Waals surface area contributed by atoms with Crippen molar-refractivity contribution < 1.29 is 0 Å². The largest absolute Gasteiger partial charge is 0.308 e. The topological polar surface area (TPSA) is 17.8 Å². The van der Waals surface area contributed by atoms with Crippen LogP contribution in [0.25, 0.3) is 83.3 Å². The minimum atomic E-state index is 1.04. The Labute approximate surface area is 256 Å². The lowest BCUT2D eigenvalue weighted by Crippen LogP contribution is -1.97. The molecule has 206 valence electrons. The van der Waals surface area contributed by atoms with E-state index in [1.165, 1.54) is 72.1 Å². The number of hydrogen-bond donors (Lipinski definition) is 0. The number of rotatable bonds is 2. The summed E-state index contributed by atoms with van der Waals surface area (Å²) in [5.74, 6) is 0. The van der Waals surface area contributed by atoms with Gasteiger partial charge in [0.1, 0.15) is 0 Å². The van der Waals surface area contributed by atoms with Gasteiger partial charge in [-0.1, -0.05) is 109 Å². The van der Waals surface area contributed by atoms with Crippen molar-refractivity contribution >= 4 is 21.9 Å². The number of aromatic nitrogens is 2. The van der Waals surface area contributed by atoms with E-state index in [-0.39, 0.29) is 0 Å². The summed E-state index contributed by atoms with van der Waals surface area (Å²) in [6.07, 6.45) is 1.88. The Kier molecular flexibility index (Phi) is 5.45. The second-order valence-corrected chi connectivity index (χ2v) is 11.7. The highest BCUT2D eigenvalue weighted by atomic mass is 15.0. The summed E-state index contributed by atoms with van der Waals surface area (Å²) in [5, 5.41) is 1.19. The molecule has 0 aliphatic heterocycles. The summed E-state index contributed by atoms with van der Waals surface area (Å²) in [6.45, 7) is 2.14. The van der Waals surface area contributed by atoms with Crippen molar-refractivity contribution in [3.05, 3.63) is 157 Å². The molecule has 0 N–H and O–H groups in total. The second kappa shape index (κ2) is 9.65. The molecule has 0 spiro atoms. The van der Waals surface area contributed by atoms with Crippen LogP contribution >= 0.6 is 0 Å². The van der Waals surface area contributed by atoms with Crippen molar-refractivity contribution in [3.63, 3.8) is 0 Å². The Hall–Kier alpha value is -5.73. The molecule has 44 heavy (non-hydrogen) atoms. The predicted octanol–water partition coefficient (Wildman–Crippen LogP) is 11.1. The maximum absolute atomic E-state index is 4.74. The molecule has 2 nitrogen and oxygen atoms in total. The lowest BCUT2D eigenvalue weighted by Gasteiger charge is -2.23. The Balaban J connectivity index is 1.21. The molecule has 0 atom stereocenters. The van der Waals surface area contributed by atoms with Crippen LogP contribution in [0.1, 0.15) is 5.56 Å². The molecule has 0 bridgehead atoms. The van der Waals surface area contributed by atoms with E-state index in [9.17, 15) is 0 Å². The highest BCUT2D eigenvalue weighted by Crippen LogP contribution is 2.48. The molecule has 1 aliphatic rings. The first-order valence-electron chi connectivity index (χ1n) is 15.1. The van der Waals surface area contributed by atoms with Crippen molar-refractivity contribution in [2.24, 2.45) is 0 Å². The number of pyridine rings is 1. The van der Waals surface area contributed by atoms with E-state index in [1.807, 2.05) is 12.3 Å². The number of hydrogen-bond acceptors (Lipinski definition) is 1. The molecule has 9 rings (SSSR count). The second-order valence-electron chi connectivity index (χ2n) is 11.7. The monoisotopic (exact) mass is 560 g/mol. The van der Waals surface area contributed by atoms with Gasteiger partial charge in [0.05, 0.1) is 16.6 Å². The van der Waals surface area contributed by atoms with Gasteiger partial charge in [-0.15, -0.1) is 0 Å². The van der Waals surface area contributed by atoms with Gasteiger partial charge in [-0.3, -0.25) is 4.98 Å². The van der Waals surface area contributed by atoms with E-state index in [1.54, 1.807) is 0 Å². The normalized spacial score (nSPS) is 11.8. The fourth-order valence-electron chi connectivity index (χ4n) is 7.07. The molecular weight excluding hydrogens is 532 g/mol. The Bertz CT molecular complexity index is 2390. The van der Waals surface area contributed by atoms with Crippen LogP contribution in [-0.2, 0) is 0 Å². The van der Waals surface area contributed by atoms with E-state index in [2.05, 4.69) is 151 Å². The molecule has 0 fully saturated rings. The van der Waals surface area contributed by atoms with Crippen LogP contribution in [0.5, 0.6) is 0 Å². The molecule has 2 heteroatoms. The molecule has 8 aromatic rings. The predicted molar refractivity (Wildman–Crippen MR) is 184 cm³/mol. The zero-order valence-electron chi connectivity index (χ0n) is 24.3. The SMILES string of the molecule is Cc1ccc2c(c1)c1ncccc1n2-c1ccc(-c2ccc3c(c2)-c2ccccc2-c2ccccc2-c2ccccc2-3)cc1. The molecule has 2 aromatic heterocycles. The summed E-state index contributed by atoms with van der Waals surface area (Å²) >= 11 is 0. The first-order valence-corrected chi connectivity index (χ1v) is 15.1. The third-order valence-electron chi connectivity index (χ3n) is 9.10. The standard InChI is InChI=1S/C42H28N2/c1-27-16-23-40-39(25-27)42-41(15-8-24-43-42)44(40)30-20-17-28(18-21-30)29-19-22-37-35-13-5-4-11-33(35)31-9-2-3-10-32(31)34-12-6-7-14-36(34)38(37)26-29/h2-26H,1H3. The van der Waals surface area contributed by atoms with Gasteiger partial charge < -0.3 is 4.57 Å². The van der Waals surface area contributed by atoms with E-state index >= 15 is 0 Å². The van der Waals surface area contributed by atoms with E-state index < -0.39 is 0 Å². The molecule has 0 unspecified atom stereocenters. The van der Waals surface area contributed by atoms with Crippen LogP contribution < -0.4 is 0 Å². The molecule has 0 radical (unpaired) electrons. The smallest absolute Gasteiger partial charge is 0.0963 e. The van der Waals surface area contributed by atoms with Crippen LogP contribution in [0.3, 0.4) is 0 Å². The van der Waals surface area contributed by atoms with Crippen LogP contribution in [0.15, 0.2) is 152 Å². The van der Waals surface area contributed by atoms with Crippen molar-refractivity contribution in [2.45, 2.75) is 6.92 Å². The Morgan fingerprint density at radius 2 is 0.977 bits per heavy atom. The zero-order valence-corrected chi connectivity index (χ0v) is 24.3. The molecule has 0 amide bonds. The zero-order chi connectivity index (χ0) is 29.2. The maximum Gasteiger partial charge on any atom is 0.0963 e. The lowest BCUT2D eigenvalue weighted by molar-refractivity contribution is 1.17. The van der Waals surface area contributed by atoms with Crippen molar-refractivity contribution in [3.8, 4) is 61.3 Å². The maximum atomic E-state index is 4.74. The highest BCUT2D eigenvalue weighted by molar-refractivity contribution is 6.07. The van der Waals surface area contributed by atoms with Gasteiger partial charge in [0.2, 0.25) is 0 Å². The highest BCUT2D eigenvalue weighted by Gasteiger charge is 2.22. The average Bonchev–Trinajstić information content (AvgIpc) is 3.41. The summed E-state index contributed by atoms with van der Waals surface area (Å²) in [5.41, 5.74) is 18.2. The minimum absolute atomic E-state index is 1.04. The summed E-state index contributed by atoms with van der Waals surface area (Å²) in [4.78, 5) is 4.74. The third-order valence-corrected chi connectivity index (χ3v) is 9.10. The first-order chi connectivity index (χ1) is 21.7. The number of benzene rings is 6. The van der Waals surface area contributed by atoms with Crippen LogP contribution in [0.4, 0.5) is 0 Å². The third kappa shape index (κ3) is 3.71. The fraction of sp³-hybridized carbons (Fsp3) is 0.0238. The van der Waals surface area contributed by atoms with Gasteiger partial charge in [0, 0.05) is 17.3 Å². The molecule has 0 saturated heterocycles. The first kappa shape index (κ1) is 24.8. The van der Waals surface area contributed by atoms with Gasteiger partial charge in [0.25, 0.3) is 0 Å².